The van der Waals surface area contributed by atoms with Gasteiger partial charge in [-0.1, -0.05) is 0 Å². The average molecular weight is 288 g/mol. The van der Waals surface area contributed by atoms with Crippen LogP contribution in [0.2, 0.25) is 0 Å². The van der Waals surface area contributed by atoms with Crippen molar-refractivity contribution in [2.75, 3.05) is 26.9 Å². The lowest BCUT2D eigenvalue weighted by atomic mass is 9.93. The fourth-order valence-electron chi connectivity index (χ4n) is 2.10. The number of urea groups is 1. The summed E-state index contributed by atoms with van der Waals surface area (Å²) in [4.78, 5) is 23.0. The van der Waals surface area contributed by atoms with E-state index in [9.17, 15) is 9.59 Å². The van der Waals surface area contributed by atoms with Crippen LogP contribution >= 0.6 is 0 Å². The molecule has 116 valence electrons. The molecule has 0 spiro atoms. The highest BCUT2D eigenvalue weighted by atomic mass is 16.5. The van der Waals surface area contributed by atoms with Crippen LogP contribution in [0.1, 0.15) is 32.6 Å². The normalized spacial score (nSPS) is 19.1. The number of aliphatic carboxylic acids is 1. The minimum Gasteiger partial charge on any atom is -0.480 e. The first-order valence-corrected chi connectivity index (χ1v) is 6.85. The van der Waals surface area contributed by atoms with Gasteiger partial charge in [-0.25, -0.2) is 9.59 Å². The summed E-state index contributed by atoms with van der Waals surface area (Å²) in [5.41, 5.74) is -0.335. The van der Waals surface area contributed by atoms with Crippen LogP contribution in [0.5, 0.6) is 0 Å². The van der Waals surface area contributed by atoms with Crippen molar-refractivity contribution in [2.24, 2.45) is 0 Å². The number of hydrogen-bond acceptors (Lipinski definition) is 4. The van der Waals surface area contributed by atoms with Crippen LogP contribution in [-0.4, -0.2) is 55.6 Å². The molecular formula is C13H24N2O5. The van der Waals surface area contributed by atoms with E-state index in [1.54, 1.807) is 7.11 Å². The van der Waals surface area contributed by atoms with Gasteiger partial charge < -0.3 is 25.2 Å². The maximum Gasteiger partial charge on any atom is 0.326 e. The van der Waals surface area contributed by atoms with Crippen LogP contribution < -0.4 is 10.6 Å². The summed E-state index contributed by atoms with van der Waals surface area (Å²) < 4.78 is 10.1. The van der Waals surface area contributed by atoms with Crippen molar-refractivity contribution in [1.82, 2.24) is 10.6 Å². The Hall–Kier alpha value is -1.34. The highest BCUT2D eigenvalue weighted by Crippen LogP contribution is 2.19. The molecule has 0 radical (unpaired) electrons. The lowest BCUT2D eigenvalue weighted by Crippen LogP contribution is -2.55. The summed E-state index contributed by atoms with van der Waals surface area (Å²) in [5, 5.41) is 14.4. The molecule has 1 aliphatic heterocycles. The first-order chi connectivity index (χ1) is 9.47. The molecular weight excluding hydrogens is 264 g/mol. The third-order valence-electron chi connectivity index (χ3n) is 3.46. The highest BCUT2D eigenvalue weighted by Gasteiger charge is 2.30. The third-order valence-corrected chi connectivity index (χ3v) is 3.46. The smallest absolute Gasteiger partial charge is 0.326 e. The second-order valence-corrected chi connectivity index (χ2v) is 5.30. The van der Waals surface area contributed by atoms with Crippen molar-refractivity contribution in [3.63, 3.8) is 0 Å². The zero-order valence-electron chi connectivity index (χ0n) is 12.1. The fourth-order valence-corrected chi connectivity index (χ4v) is 2.10. The van der Waals surface area contributed by atoms with Gasteiger partial charge in [0.05, 0.1) is 0 Å². The van der Waals surface area contributed by atoms with Crippen molar-refractivity contribution in [3.8, 4) is 0 Å². The van der Waals surface area contributed by atoms with E-state index in [4.69, 9.17) is 14.6 Å². The quantitative estimate of drug-likeness (QED) is 0.600. The van der Waals surface area contributed by atoms with E-state index >= 15 is 0 Å². The molecule has 7 nitrogen and oxygen atoms in total. The van der Waals surface area contributed by atoms with Gasteiger partial charge in [-0.05, 0) is 32.6 Å². The topological polar surface area (TPSA) is 96.9 Å². The maximum atomic E-state index is 11.9. The number of hydrogen-bond donors (Lipinski definition) is 3. The van der Waals surface area contributed by atoms with Crippen LogP contribution in [0, 0.1) is 0 Å². The molecule has 1 atom stereocenters. The number of nitrogens with one attached hydrogen (secondary N) is 2. The lowest BCUT2D eigenvalue weighted by Gasteiger charge is -2.34. The van der Waals surface area contributed by atoms with Crippen molar-refractivity contribution in [2.45, 2.75) is 44.2 Å². The Morgan fingerprint density at radius 3 is 2.60 bits per heavy atom. The molecule has 1 aliphatic rings. The Kier molecular flexibility index (Phi) is 6.74. The van der Waals surface area contributed by atoms with E-state index in [0.717, 1.165) is 12.8 Å². The van der Waals surface area contributed by atoms with Gasteiger partial charge in [0.2, 0.25) is 0 Å². The molecule has 2 amide bonds. The second kappa shape index (κ2) is 8.06. The van der Waals surface area contributed by atoms with Crippen LogP contribution in [-0.2, 0) is 14.3 Å². The molecule has 0 saturated carbocycles. The summed E-state index contributed by atoms with van der Waals surface area (Å²) in [7, 11) is 1.56. The second-order valence-electron chi connectivity index (χ2n) is 5.30. The number of ether oxygens (including phenoxy) is 2. The summed E-state index contributed by atoms with van der Waals surface area (Å²) in [5.74, 6) is -1.03. The van der Waals surface area contributed by atoms with Gasteiger partial charge >= 0.3 is 12.0 Å². The standard InChI is InChI=1S/C13H24N2O5/c1-13(5-8-20-9-6-13)15-12(18)14-10(11(16)17)4-3-7-19-2/h10H,3-9H2,1-2H3,(H,16,17)(H2,14,15,18). The Balaban J connectivity index is 2.42. The number of carbonyl (C=O) groups excluding carboxylic acids is 1. The molecule has 0 bridgehead atoms. The molecule has 0 aliphatic carbocycles. The Morgan fingerprint density at radius 2 is 2.05 bits per heavy atom. The van der Waals surface area contributed by atoms with Crippen molar-refractivity contribution in [1.29, 1.82) is 0 Å². The molecule has 20 heavy (non-hydrogen) atoms. The molecule has 1 unspecified atom stereocenters. The molecule has 0 aromatic heterocycles. The Morgan fingerprint density at radius 1 is 1.40 bits per heavy atom. The van der Waals surface area contributed by atoms with Gasteiger partial charge in [-0.2, -0.15) is 0 Å². The van der Waals surface area contributed by atoms with Crippen LogP contribution in [0.4, 0.5) is 4.79 Å². The highest BCUT2D eigenvalue weighted by molar-refractivity contribution is 5.82. The largest absolute Gasteiger partial charge is 0.480 e. The van der Waals surface area contributed by atoms with Gasteiger partial charge in [-0.3, -0.25) is 0 Å². The number of methoxy groups -OCH3 is 1. The van der Waals surface area contributed by atoms with Crippen LogP contribution in [0.15, 0.2) is 0 Å². The SMILES string of the molecule is COCCCC(NC(=O)NC1(C)CCOCC1)C(=O)O. The van der Waals surface area contributed by atoms with Crippen LogP contribution in [0.3, 0.4) is 0 Å². The van der Waals surface area contributed by atoms with Crippen molar-refractivity contribution in [3.05, 3.63) is 0 Å². The minimum atomic E-state index is -1.03. The molecule has 1 fully saturated rings. The van der Waals surface area contributed by atoms with E-state index in [0.29, 0.717) is 32.7 Å². The molecule has 3 N–H and O–H groups in total. The van der Waals surface area contributed by atoms with Crippen molar-refractivity contribution >= 4 is 12.0 Å². The van der Waals surface area contributed by atoms with Crippen molar-refractivity contribution < 1.29 is 24.2 Å². The zero-order valence-corrected chi connectivity index (χ0v) is 12.1. The lowest BCUT2D eigenvalue weighted by molar-refractivity contribution is -0.139. The van der Waals surface area contributed by atoms with E-state index in [-0.39, 0.29) is 5.54 Å². The first kappa shape index (κ1) is 16.7. The maximum absolute atomic E-state index is 11.9. The van der Waals surface area contributed by atoms with E-state index in [1.165, 1.54) is 0 Å². The number of carboxylic acid groups (broad SMARTS) is 1. The Bertz CT molecular complexity index is 329. The third kappa shape index (κ3) is 5.75. The molecule has 1 heterocycles. The minimum absolute atomic E-state index is 0.335. The van der Waals surface area contributed by atoms with E-state index in [2.05, 4.69) is 10.6 Å². The molecule has 1 saturated heterocycles. The predicted octanol–water partition coefficient (Wildman–Crippen LogP) is 0.735. The summed E-state index contributed by atoms with van der Waals surface area (Å²) in [6.07, 6.45) is 2.37. The molecule has 1 rings (SSSR count). The molecule has 7 heteroatoms. The summed E-state index contributed by atoms with van der Waals surface area (Å²) >= 11 is 0. The zero-order chi connectivity index (χ0) is 15.0. The predicted molar refractivity (Wildman–Crippen MR) is 72.7 cm³/mol. The first-order valence-electron chi connectivity index (χ1n) is 6.85. The monoisotopic (exact) mass is 288 g/mol. The molecule has 0 aromatic rings. The number of rotatable bonds is 7. The van der Waals surface area contributed by atoms with Gasteiger partial charge in [0.1, 0.15) is 6.04 Å². The van der Waals surface area contributed by atoms with Crippen LogP contribution in [0.25, 0.3) is 0 Å². The number of amides is 2. The van der Waals surface area contributed by atoms with Gasteiger partial charge in [0.15, 0.2) is 0 Å². The average Bonchev–Trinajstić information content (AvgIpc) is 2.37. The fraction of sp³-hybridized carbons (Fsp3) is 0.846. The van der Waals surface area contributed by atoms with Gasteiger partial charge in [-0.15, -0.1) is 0 Å². The Labute approximate surface area is 119 Å². The molecule has 0 aromatic carbocycles. The number of carbonyl (C=O) groups is 2. The van der Waals surface area contributed by atoms with E-state index < -0.39 is 18.0 Å². The van der Waals surface area contributed by atoms with Gasteiger partial charge in [0, 0.05) is 32.5 Å². The summed E-state index contributed by atoms with van der Waals surface area (Å²) in [6, 6.07) is -1.34. The van der Waals surface area contributed by atoms with Gasteiger partial charge in [0.25, 0.3) is 0 Å². The summed E-state index contributed by atoms with van der Waals surface area (Å²) in [6.45, 7) is 3.62. The van der Waals surface area contributed by atoms with E-state index in [1.807, 2.05) is 6.92 Å². The number of carboxylic acids is 1.